The van der Waals surface area contributed by atoms with Gasteiger partial charge in [-0.1, -0.05) is 0 Å². The summed E-state index contributed by atoms with van der Waals surface area (Å²) in [5, 5.41) is 108. The zero-order valence-corrected chi connectivity index (χ0v) is 16.9. The van der Waals surface area contributed by atoms with Gasteiger partial charge in [0.2, 0.25) is 0 Å². The molecule has 0 unspecified atom stereocenters. The molecule has 15 heteroatoms. The molecular weight excluding hydrogens is 444 g/mol. The van der Waals surface area contributed by atoms with Crippen LogP contribution < -0.4 is 0 Å². The van der Waals surface area contributed by atoms with Crippen LogP contribution in [-0.2, 0) is 18.9 Å². The minimum absolute atomic E-state index is 0.379. The second-order valence-corrected chi connectivity index (χ2v) is 7.69. The van der Waals surface area contributed by atoms with Crippen molar-refractivity contribution >= 4 is 0 Å². The first kappa shape index (κ1) is 27.6. The summed E-state index contributed by atoms with van der Waals surface area (Å²) in [7, 11) is 0. The quantitative estimate of drug-likeness (QED) is 0.140. The summed E-state index contributed by atoms with van der Waals surface area (Å²) in [6.45, 7) is -2.83. The second-order valence-electron chi connectivity index (χ2n) is 7.69. The summed E-state index contributed by atoms with van der Waals surface area (Å²) in [6, 6.07) is 0. The third-order valence-electron chi connectivity index (χ3n) is 5.32. The first-order chi connectivity index (χ1) is 15.0. The molecule has 2 saturated heterocycles. The fourth-order valence-corrected chi connectivity index (χ4v) is 3.27. The van der Waals surface area contributed by atoms with E-state index in [0.717, 1.165) is 0 Å². The summed E-state index contributed by atoms with van der Waals surface area (Å²) in [4.78, 5) is 0. The molecule has 13 atom stereocenters. The summed E-state index contributed by atoms with van der Waals surface area (Å²) in [6.07, 6.45) is -22.1. The zero-order chi connectivity index (χ0) is 24.2. The number of ether oxygens (including phenoxy) is 4. The molecule has 0 amide bonds. The van der Waals surface area contributed by atoms with Crippen molar-refractivity contribution in [3.8, 4) is 0 Å². The Morgan fingerprint density at radius 2 is 1.41 bits per heavy atom. The van der Waals surface area contributed by atoms with E-state index in [1.54, 1.807) is 0 Å². The third-order valence-corrected chi connectivity index (χ3v) is 5.32. The predicted octanol–water partition coefficient (Wildman–Crippen LogP) is -7.30. The van der Waals surface area contributed by atoms with E-state index in [4.69, 9.17) is 24.1 Å². The smallest absolute Gasteiger partial charge is 0.187 e. The molecule has 0 aromatic carbocycles. The van der Waals surface area contributed by atoms with E-state index in [2.05, 4.69) is 0 Å². The van der Waals surface area contributed by atoms with Gasteiger partial charge in [0.15, 0.2) is 12.6 Å². The Labute approximate surface area is 182 Å². The van der Waals surface area contributed by atoms with Crippen LogP contribution in [0.3, 0.4) is 0 Å². The molecule has 2 aliphatic rings. The van der Waals surface area contributed by atoms with Crippen molar-refractivity contribution in [2.75, 3.05) is 26.4 Å². The average Bonchev–Trinajstić information content (AvgIpc) is 2.79. The second kappa shape index (κ2) is 12.2. The molecule has 0 bridgehead atoms. The van der Waals surface area contributed by atoms with Crippen molar-refractivity contribution in [3.63, 3.8) is 0 Å². The number of aliphatic hydroxyl groups excluding tert-OH is 11. The topological polar surface area (TPSA) is 259 Å². The van der Waals surface area contributed by atoms with Crippen LogP contribution in [0.15, 0.2) is 0 Å². The normalized spacial score (nSPS) is 42.3. The summed E-state index contributed by atoms with van der Waals surface area (Å²) >= 11 is 0. The lowest BCUT2D eigenvalue weighted by Gasteiger charge is -2.42. The molecule has 0 spiro atoms. The molecule has 2 aliphatic heterocycles. The number of aliphatic hydroxyl groups is 11. The molecule has 15 nitrogen and oxygen atoms in total. The van der Waals surface area contributed by atoms with Gasteiger partial charge in [-0.15, -0.1) is 0 Å². The lowest BCUT2D eigenvalue weighted by Crippen LogP contribution is -2.61. The van der Waals surface area contributed by atoms with Gasteiger partial charge in [0.1, 0.15) is 67.1 Å². The van der Waals surface area contributed by atoms with Gasteiger partial charge in [0, 0.05) is 0 Å². The number of hydrogen-bond acceptors (Lipinski definition) is 15. The molecular formula is C17H32O15. The maximum absolute atomic E-state index is 10.5. The predicted molar refractivity (Wildman–Crippen MR) is 97.5 cm³/mol. The molecule has 190 valence electrons. The van der Waals surface area contributed by atoms with Gasteiger partial charge in [0.05, 0.1) is 26.4 Å². The van der Waals surface area contributed by atoms with Crippen LogP contribution in [0, 0.1) is 0 Å². The highest BCUT2D eigenvalue weighted by Gasteiger charge is 2.47. The highest BCUT2D eigenvalue weighted by Crippen LogP contribution is 2.25. The lowest BCUT2D eigenvalue weighted by atomic mass is 9.98. The third kappa shape index (κ3) is 6.29. The Kier molecular flexibility index (Phi) is 10.5. The summed E-state index contributed by atoms with van der Waals surface area (Å²) in [5.74, 6) is 0. The molecule has 2 fully saturated rings. The van der Waals surface area contributed by atoms with Crippen molar-refractivity contribution < 1.29 is 75.1 Å². The maximum atomic E-state index is 10.5. The summed E-state index contributed by atoms with van der Waals surface area (Å²) in [5.41, 5.74) is 0. The number of rotatable bonds is 10. The summed E-state index contributed by atoms with van der Waals surface area (Å²) < 4.78 is 20.6. The van der Waals surface area contributed by atoms with Crippen LogP contribution in [0.1, 0.15) is 0 Å². The SMILES string of the molecule is OC[C@H](O)[C@@H](O)[C@H](O[C@H]1O[C@H](CO)[C@@H](O)[C@H](O)[C@H]1O)[C@H](O)CO[C@@H]1OC[C@@H](O)[C@H](O)[C@H]1O. The Bertz CT molecular complexity index is 552. The molecule has 0 aromatic rings. The van der Waals surface area contributed by atoms with Crippen molar-refractivity contribution in [2.45, 2.75) is 79.7 Å². The Morgan fingerprint density at radius 3 is 2.00 bits per heavy atom. The van der Waals surface area contributed by atoms with Crippen LogP contribution in [0.5, 0.6) is 0 Å². The Balaban J connectivity index is 2.09. The van der Waals surface area contributed by atoms with Gasteiger partial charge in [-0.2, -0.15) is 0 Å². The fraction of sp³-hybridized carbons (Fsp3) is 1.00. The minimum Gasteiger partial charge on any atom is -0.394 e. The molecule has 11 N–H and O–H groups in total. The van der Waals surface area contributed by atoms with E-state index in [0.29, 0.717) is 0 Å². The van der Waals surface area contributed by atoms with Crippen molar-refractivity contribution in [2.24, 2.45) is 0 Å². The highest BCUT2D eigenvalue weighted by molar-refractivity contribution is 4.91. The van der Waals surface area contributed by atoms with Crippen LogP contribution in [0.25, 0.3) is 0 Å². The van der Waals surface area contributed by atoms with Gasteiger partial charge in [-0.3, -0.25) is 0 Å². The van der Waals surface area contributed by atoms with Crippen molar-refractivity contribution in [1.82, 2.24) is 0 Å². The zero-order valence-electron chi connectivity index (χ0n) is 16.9. The van der Waals surface area contributed by atoms with Gasteiger partial charge in [-0.05, 0) is 0 Å². The number of hydrogen-bond donors (Lipinski definition) is 11. The Morgan fingerprint density at radius 1 is 0.781 bits per heavy atom. The van der Waals surface area contributed by atoms with E-state index in [9.17, 15) is 51.1 Å². The van der Waals surface area contributed by atoms with Gasteiger partial charge in [-0.25, -0.2) is 0 Å². The van der Waals surface area contributed by atoms with E-state index in [-0.39, 0.29) is 6.61 Å². The van der Waals surface area contributed by atoms with Crippen LogP contribution >= 0.6 is 0 Å². The van der Waals surface area contributed by atoms with Gasteiger partial charge < -0.3 is 75.1 Å². The minimum atomic E-state index is -1.98. The van der Waals surface area contributed by atoms with E-state index in [1.807, 2.05) is 0 Å². The highest BCUT2D eigenvalue weighted by atomic mass is 16.7. The molecule has 0 aromatic heterocycles. The molecule has 0 radical (unpaired) electrons. The first-order valence-corrected chi connectivity index (χ1v) is 9.91. The van der Waals surface area contributed by atoms with E-state index >= 15 is 0 Å². The molecule has 2 rings (SSSR count). The average molecular weight is 476 g/mol. The molecule has 0 aliphatic carbocycles. The van der Waals surface area contributed by atoms with E-state index < -0.39 is 99.5 Å². The van der Waals surface area contributed by atoms with Crippen LogP contribution in [0.4, 0.5) is 0 Å². The molecule has 2 heterocycles. The standard InChI is InChI=1S/C17H32O15/c18-1-5(20)10(24)15(32-17-14(28)12(26)11(25)8(2-19)31-17)7(22)4-30-16-13(27)9(23)6(21)3-29-16/h5-28H,1-4H2/t5-,6+,7+,8+,9-,10+,11+,12-,13+,14+,15+,16-,17+/m0/s1. The van der Waals surface area contributed by atoms with Gasteiger partial charge in [0.25, 0.3) is 0 Å². The monoisotopic (exact) mass is 476 g/mol. The van der Waals surface area contributed by atoms with Crippen LogP contribution in [0.2, 0.25) is 0 Å². The lowest BCUT2D eigenvalue weighted by molar-refractivity contribution is -0.331. The van der Waals surface area contributed by atoms with Crippen molar-refractivity contribution in [1.29, 1.82) is 0 Å². The van der Waals surface area contributed by atoms with E-state index in [1.165, 1.54) is 0 Å². The fourth-order valence-electron chi connectivity index (χ4n) is 3.27. The Hall–Kier alpha value is -0.600. The van der Waals surface area contributed by atoms with Crippen molar-refractivity contribution in [3.05, 3.63) is 0 Å². The van der Waals surface area contributed by atoms with Gasteiger partial charge >= 0.3 is 0 Å². The largest absolute Gasteiger partial charge is 0.394 e. The molecule has 0 saturated carbocycles. The molecule has 32 heavy (non-hydrogen) atoms. The van der Waals surface area contributed by atoms with Crippen LogP contribution in [-0.4, -0.2) is 162 Å². The maximum Gasteiger partial charge on any atom is 0.187 e. The first-order valence-electron chi connectivity index (χ1n) is 9.91.